The minimum absolute atomic E-state index is 0.708. The number of hydrogen-bond acceptors (Lipinski definition) is 3. The molecule has 5 aromatic carbocycles. The molecular weight excluding hydrogens is 560 g/mol. The van der Waals surface area contributed by atoms with Crippen molar-refractivity contribution in [2.24, 2.45) is 0 Å². The third-order valence-electron chi connectivity index (χ3n) is 8.74. The summed E-state index contributed by atoms with van der Waals surface area (Å²) in [6, 6.07) is 45.0. The van der Waals surface area contributed by atoms with E-state index in [1.54, 1.807) is 6.20 Å². The van der Waals surface area contributed by atoms with Crippen LogP contribution in [0.2, 0.25) is 0 Å². The quantitative estimate of drug-likeness (QED) is 0.200. The van der Waals surface area contributed by atoms with Crippen molar-refractivity contribution in [3.63, 3.8) is 0 Å². The van der Waals surface area contributed by atoms with Crippen LogP contribution in [0, 0.1) is 20.8 Å². The van der Waals surface area contributed by atoms with Crippen LogP contribution in [0.25, 0.3) is 72.5 Å². The van der Waals surface area contributed by atoms with Gasteiger partial charge >= 0.3 is 0 Å². The monoisotopic (exact) mass is 592 g/mol. The van der Waals surface area contributed by atoms with Gasteiger partial charge in [0.25, 0.3) is 0 Å². The number of benzene rings is 5. The van der Waals surface area contributed by atoms with Crippen molar-refractivity contribution < 1.29 is 0 Å². The fourth-order valence-corrected chi connectivity index (χ4v) is 6.40. The van der Waals surface area contributed by atoms with Crippen molar-refractivity contribution in [1.29, 1.82) is 0 Å². The first kappa shape index (κ1) is 27.7. The Morgan fingerprint density at radius 2 is 1.09 bits per heavy atom. The summed E-state index contributed by atoms with van der Waals surface area (Å²) in [5.74, 6) is 0.708. The second-order valence-electron chi connectivity index (χ2n) is 12.0. The molecule has 4 nitrogen and oxygen atoms in total. The third kappa shape index (κ3) is 4.94. The molecule has 3 heterocycles. The first-order chi connectivity index (χ1) is 22.5. The van der Waals surface area contributed by atoms with Crippen molar-refractivity contribution in [1.82, 2.24) is 19.5 Å². The molecule has 0 amide bonds. The van der Waals surface area contributed by atoms with Crippen LogP contribution in [-0.2, 0) is 0 Å². The van der Waals surface area contributed by atoms with Gasteiger partial charge in [0, 0.05) is 45.5 Å². The van der Waals surface area contributed by atoms with Gasteiger partial charge in [0.05, 0.1) is 22.4 Å². The Balaban J connectivity index is 1.25. The lowest BCUT2D eigenvalue weighted by Crippen LogP contribution is -1.99. The molecule has 46 heavy (non-hydrogen) atoms. The number of pyridine rings is 1. The SMILES string of the molecule is Cc1ccc2c(c1)c1cc(C)ccc1n2-c1ccc(-c2cc(-c3ccc(-c4cccnc4)cc3)nc(-c3ccccc3)n2)cc1C. The van der Waals surface area contributed by atoms with Crippen molar-refractivity contribution in [3.8, 4) is 50.7 Å². The molecule has 0 aliphatic heterocycles. The highest BCUT2D eigenvalue weighted by molar-refractivity contribution is 6.09. The normalized spacial score (nSPS) is 11.4. The van der Waals surface area contributed by atoms with Crippen molar-refractivity contribution >= 4 is 21.8 Å². The Kier molecular flexibility index (Phi) is 6.76. The van der Waals surface area contributed by atoms with E-state index in [0.29, 0.717) is 5.82 Å². The molecule has 0 N–H and O–H groups in total. The Bertz CT molecular complexity index is 2310. The van der Waals surface area contributed by atoms with Gasteiger partial charge in [0.2, 0.25) is 0 Å². The highest BCUT2D eigenvalue weighted by atomic mass is 15.0. The van der Waals surface area contributed by atoms with E-state index in [-0.39, 0.29) is 0 Å². The summed E-state index contributed by atoms with van der Waals surface area (Å²) >= 11 is 0. The molecule has 0 aliphatic carbocycles. The molecule has 8 aromatic rings. The molecule has 0 fully saturated rings. The molecule has 0 saturated heterocycles. The van der Waals surface area contributed by atoms with E-state index in [0.717, 1.165) is 39.2 Å². The minimum Gasteiger partial charge on any atom is -0.309 e. The lowest BCUT2D eigenvalue weighted by atomic mass is 10.0. The lowest BCUT2D eigenvalue weighted by molar-refractivity contribution is 1.14. The van der Waals surface area contributed by atoms with Gasteiger partial charge in [-0.15, -0.1) is 0 Å². The molecule has 0 atom stereocenters. The number of aryl methyl sites for hydroxylation is 3. The molecule has 220 valence electrons. The smallest absolute Gasteiger partial charge is 0.160 e. The van der Waals surface area contributed by atoms with Crippen LogP contribution in [0.3, 0.4) is 0 Å². The summed E-state index contributed by atoms with van der Waals surface area (Å²) in [5, 5.41) is 2.56. The second kappa shape index (κ2) is 11.2. The van der Waals surface area contributed by atoms with Gasteiger partial charge in [-0.1, -0.05) is 90.0 Å². The number of nitrogens with zero attached hydrogens (tertiary/aromatic N) is 4. The van der Waals surface area contributed by atoms with Gasteiger partial charge in [-0.05, 0) is 86.0 Å². The molecule has 4 heteroatoms. The Morgan fingerprint density at radius 3 is 1.72 bits per heavy atom. The Labute approximate surface area is 268 Å². The molecule has 0 unspecified atom stereocenters. The number of aromatic nitrogens is 4. The van der Waals surface area contributed by atoms with Crippen LogP contribution in [0.4, 0.5) is 0 Å². The fraction of sp³-hybridized carbons (Fsp3) is 0.0714. The van der Waals surface area contributed by atoms with Crippen LogP contribution < -0.4 is 0 Å². The lowest BCUT2D eigenvalue weighted by Gasteiger charge is -2.14. The summed E-state index contributed by atoms with van der Waals surface area (Å²) in [5.41, 5.74) is 14.4. The second-order valence-corrected chi connectivity index (χ2v) is 12.0. The highest BCUT2D eigenvalue weighted by Crippen LogP contribution is 2.36. The van der Waals surface area contributed by atoms with Crippen LogP contribution >= 0.6 is 0 Å². The van der Waals surface area contributed by atoms with Crippen LogP contribution in [0.1, 0.15) is 16.7 Å². The summed E-state index contributed by atoms with van der Waals surface area (Å²) in [6.07, 6.45) is 3.68. The standard InChI is InChI=1S/C42H32N4/c1-27-11-18-40-35(22-27)36-23-28(2)12-19-41(36)46(40)39-20-17-33(24-29(39)3)38-25-37(44-42(45-38)32-8-5-4-6-9-32)31-15-13-30(14-16-31)34-10-7-21-43-26-34/h4-26H,1-3H3. The van der Waals surface area contributed by atoms with E-state index >= 15 is 0 Å². The number of rotatable bonds is 5. The zero-order chi connectivity index (χ0) is 31.2. The Morgan fingerprint density at radius 1 is 0.478 bits per heavy atom. The van der Waals surface area contributed by atoms with Gasteiger partial charge < -0.3 is 4.57 Å². The minimum atomic E-state index is 0.708. The zero-order valence-corrected chi connectivity index (χ0v) is 26.1. The topological polar surface area (TPSA) is 43.6 Å². The largest absolute Gasteiger partial charge is 0.309 e. The van der Waals surface area contributed by atoms with Gasteiger partial charge in [-0.25, -0.2) is 9.97 Å². The maximum absolute atomic E-state index is 5.09. The van der Waals surface area contributed by atoms with Crippen molar-refractivity contribution in [2.75, 3.05) is 0 Å². The van der Waals surface area contributed by atoms with Gasteiger partial charge in [0.1, 0.15) is 0 Å². The van der Waals surface area contributed by atoms with Crippen LogP contribution in [0.5, 0.6) is 0 Å². The van der Waals surface area contributed by atoms with Gasteiger partial charge in [0.15, 0.2) is 5.82 Å². The maximum atomic E-state index is 5.09. The summed E-state index contributed by atoms with van der Waals surface area (Å²) < 4.78 is 2.40. The molecule has 0 aliphatic rings. The van der Waals surface area contributed by atoms with Crippen LogP contribution in [-0.4, -0.2) is 19.5 Å². The van der Waals surface area contributed by atoms with E-state index in [4.69, 9.17) is 9.97 Å². The summed E-state index contributed by atoms with van der Waals surface area (Å²) in [7, 11) is 0. The van der Waals surface area contributed by atoms with E-state index in [2.05, 4.69) is 133 Å². The number of hydrogen-bond donors (Lipinski definition) is 0. The number of fused-ring (bicyclic) bond motifs is 3. The molecule has 0 spiro atoms. The van der Waals surface area contributed by atoms with E-state index in [1.165, 1.54) is 44.2 Å². The highest BCUT2D eigenvalue weighted by Gasteiger charge is 2.16. The molecule has 0 bridgehead atoms. The molecular formula is C42H32N4. The fourth-order valence-electron chi connectivity index (χ4n) is 6.40. The van der Waals surface area contributed by atoms with Crippen LogP contribution in [0.15, 0.2) is 140 Å². The summed E-state index contributed by atoms with van der Waals surface area (Å²) in [6.45, 7) is 6.51. The third-order valence-corrected chi connectivity index (χ3v) is 8.74. The first-order valence-electron chi connectivity index (χ1n) is 15.6. The van der Waals surface area contributed by atoms with E-state index in [1.807, 2.05) is 30.5 Å². The Hall–Kier alpha value is -5.87. The molecule has 0 radical (unpaired) electrons. The summed E-state index contributed by atoms with van der Waals surface area (Å²) in [4.78, 5) is 14.4. The average Bonchev–Trinajstić information content (AvgIpc) is 3.41. The molecule has 0 saturated carbocycles. The van der Waals surface area contributed by atoms with E-state index in [9.17, 15) is 0 Å². The average molecular weight is 593 g/mol. The predicted octanol–water partition coefficient (Wildman–Crippen LogP) is 10.6. The predicted molar refractivity (Wildman–Crippen MR) is 190 cm³/mol. The zero-order valence-electron chi connectivity index (χ0n) is 26.1. The van der Waals surface area contributed by atoms with E-state index < -0.39 is 0 Å². The first-order valence-corrected chi connectivity index (χ1v) is 15.6. The van der Waals surface area contributed by atoms with Gasteiger partial charge in [-0.3, -0.25) is 4.98 Å². The molecule has 3 aromatic heterocycles. The molecule has 8 rings (SSSR count). The van der Waals surface area contributed by atoms with Crippen molar-refractivity contribution in [3.05, 3.63) is 156 Å². The maximum Gasteiger partial charge on any atom is 0.160 e. The van der Waals surface area contributed by atoms with Gasteiger partial charge in [-0.2, -0.15) is 0 Å². The van der Waals surface area contributed by atoms with Crippen molar-refractivity contribution in [2.45, 2.75) is 20.8 Å².